The molecule has 8 heteroatoms. The molecule has 0 radical (unpaired) electrons. The van der Waals surface area contributed by atoms with Crippen molar-refractivity contribution in [3.05, 3.63) is 78.4 Å². The van der Waals surface area contributed by atoms with Crippen LogP contribution in [0.2, 0.25) is 0 Å². The molecule has 0 bridgehead atoms. The normalized spacial score (nSPS) is 17.1. The third-order valence-corrected chi connectivity index (χ3v) is 6.33. The molecule has 0 aromatic heterocycles. The number of carbonyl (C=O) groups excluding carboxylic acids is 3. The number of ether oxygens (including phenoxy) is 2. The number of fused-ring (bicyclic) bond motifs is 2. The van der Waals surface area contributed by atoms with Gasteiger partial charge in [0.05, 0.1) is 24.9 Å². The van der Waals surface area contributed by atoms with Gasteiger partial charge in [-0.15, -0.1) is 0 Å². The van der Waals surface area contributed by atoms with E-state index in [1.165, 1.54) is 0 Å². The zero-order valence-electron chi connectivity index (χ0n) is 19.3. The summed E-state index contributed by atoms with van der Waals surface area (Å²) in [6.07, 6.45) is 0. The van der Waals surface area contributed by atoms with Crippen LogP contribution in [0, 0.1) is 0 Å². The summed E-state index contributed by atoms with van der Waals surface area (Å²) >= 11 is 0. The number of carbonyl (C=O) groups is 3. The highest BCUT2D eigenvalue weighted by Crippen LogP contribution is 2.31. The summed E-state index contributed by atoms with van der Waals surface area (Å²) < 4.78 is 10.8. The van der Waals surface area contributed by atoms with Gasteiger partial charge in [-0.05, 0) is 47.5 Å². The summed E-state index contributed by atoms with van der Waals surface area (Å²) in [5.74, 6) is 0.584. The largest absolute Gasteiger partial charge is 0.497 e. The zero-order valence-corrected chi connectivity index (χ0v) is 19.3. The number of nitrogens with zero attached hydrogens (tertiary/aromatic N) is 2. The lowest BCUT2D eigenvalue weighted by Gasteiger charge is -2.39. The van der Waals surface area contributed by atoms with E-state index in [1.54, 1.807) is 41.2 Å². The molecule has 35 heavy (non-hydrogen) atoms. The van der Waals surface area contributed by atoms with Crippen LogP contribution in [0.5, 0.6) is 11.5 Å². The standard InChI is InChI=1S/C27H25N3O5/c1-34-20-10-7-18(8-11-20)19-9-12-23-22(15-19)27(33)30-14-13-29(16-24(30)26(32)28-23)25(31)17-35-21-5-3-2-4-6-21/h2-12,15,24H,13-14,16-17H2,1H3,(H,28,32)/t24-/m1/s1. The van der Waals surface area contributed by atoms with Crippen molar-refractivity contribution in [2.45, 2.75) is 6.04 Å². The fourth-order valence-electron chi connectivity index (χ4n) is 4.39. The number of hydrogen-bond acceptors (Lipinski definition) is 5. The van der Waals surface area contributed by atoms with Crippen LogP contribution in [-0.2, 0) is 9.59 Å². The zero-order chi connectivity index (χ0) is 24.4. The van der Waals surface area contributed by atoms with Crippen LogP contribution in [-0.4, -0.2) is 66.9 Å². The van der Waals surface area contributed by atoms with Crippen molar-refractivity contribution in [2.24, 2.45) is 0 Å². The summed E-state index contributed by atoms with van der Waals surface area (Å²) in [6, 6.07) is 21.3. The second kappa shape index (κ2) is 9.50. The van der Waals surface area contributed by atoms with Crippen molar-refractivity contribution in [1.82, 2.24) is 9.80 Å². The Labute approximate surface area is 203 Å². The summed E-state index contributed by atoms with van der Waals surface area (Å²) in [7, 11) is 1.61. The van der Waals surface area contributed by atoms with E-state index in [0.29, 0.717) is 23.5 Å². The maximum atomic E-state index is 13.5. The van der Waals surface area contributed by atoms with E-state index in [4.69, 9.17) is 9.47 Å². The van der Waals surface area contributed by atoms with E-state index in [-0.39, 0.29) is 37.4 Å². The van der Waals surface area contributed by atoms with Gasteiger partial charge in [-0.3, -0.25) is 14.4 Å². The molecule has 0 aliphatic carbocycles. The molecule has 1 N–H and O–H groups in total. The molecule has 3 aromatic carbocycles. The van der Waals surface area contributed by atoms with Crippen LogP contribution < -0.4 is 14.8 Å². The van der Waals surface area contributed by atoms with Gasteiger partial charge in [0.15, 0.2) is 6.61 Å². The molecule has 2 aliphatic heterocycles. The third kappa shape index (κ3) is 4.55. The number of anilines is 1. The molecule has 5 rings (SSSR count). The van der Waals surface area contributed by atoms with Crippen molar-refractivity contribution in [1.29, 1.82) is 0 Å². The number of para-hydroxylation sites is 1. The number of rotatable bonds is 5. The quantitative estimate of drug-likeness (QED) is 0.618. The summed E-state index contributed by atoms with van der Waals surface area (Å²) in [4.78, 5) is 42.4. The second-order valence-corrected chi connectivity index (χ2v) is 8.43. The van der Waals surface area contributed by atoms with Gasteiger partial charge in [-0.1, -0.05) is 36.4 Å². The van der Waals surface area contributed by atoms with E-state index < -0.39 is 6.04 Å². The first-order chi connectivity index (χ1) is 17.0. The Kier molecular flexibility index (Phi) is 6.10. The van der Waals surface area contributed by atoms with Gasteiger partial charge in [0.2, 0.25) is 5.91 Å². The average molecular weight is 472 g/mol. The number of methoxy groups -OCH3 is 1. The molecule has 0 unspecified atom stereocenters. The molecule has 3 aromatic rings. The first-order valence-corrected chi connectivity index (χ1v) is 11.4. The van der Waals surface area contributed by atoms with E-state index in [1.807, 2.05) is 48.5 Å². The van der Waals surface area contributed by atoms with Crippen LogP contribution in [0.1, 0.15) is 10.4 Å². The highest BCUT2D eigenvalue weighted by molar-refractivity contribution is 6.10. The molecule has 1 atom stereocenters. The van der Waals surface area contributed by atoms with Crippen LogP contribution in [0.4, 0.5) is 5.69 Å². The highest BCUT2D eigenvalue weighted by Gasteiger charge is 2.40. The minimum atomic E-state index is -0.770. The molecular formula is C27H25N3O5. The topological polar surface area (TPSA) is 88.2 Å². The SMILES string of the molecule is COc1ccc(-c2ccc3c(c2)C(=O)N2CCN(C(=O)COc4ccccc4)C[C@@H]2C(=O)N3)cc1. The predicted octanol–water partition coefficient (Wildman–Crippen LogP) is 3.05. The van der Waals surface area contributed by atoms with Crippen molar-refractivity contribution in [2.75, 3.05) is 38.7 Å². The summed E-state index contributed by atoms with van der Waals surface area (Å²) in [5, 5.41) is 2.88. The predicted molar refractivity (Wildman–Crippen MR) is 130 cm³/mol. The fraction of sp³-hybridized carbons (Fsp3) is 0.222. The third-order valence-electron chi connectivity index (χ3n) is 6.33. The van der Waals surface area contributed by atoms with Gasteiger partial charge in [0, 0.05) is 13.1 Å². The molecule has 8 nitrogen and oxygen atoms in total. The minimum Gasteiger partial charge on any atom is -0.497 e. The Morgan fingerprint density at radius 1 is 0.943 bits per heavy atom. The molecule has 0 saturated carbocycles. The smallest absolute Gasteiger partial charge is 0.260 e. The Balaban J connectivity index is 1.32. The lowest BCUT2D eigenvalue weighted by molar-refractivity contribution is -0.137. The molecule has 0 spiro atoms. The van der Waals surface area contributed by atoms with Gasteiger partial charge in [-0.2, -0.15) is 0 Å². The monoisotopic (exact) mass is 471 g/mol. The molecule has 3 amide bonds. The number of amides is 3. The number of nitrogens with one attached hydrogen (secondary N) is 1. The molecule has 1 saturated heterocycles. The van der Waals surface area contributed by atoms with Crippen LogP contribution in [0.15, 0.2) is 72.8 Å². The van der Waals surface area contributed by atoms with Gasteiger partial charge >= 0.3 is 0 Å². The molecule has 1 fully saturated rings. The van der Waals surface area contributed by atoms with Gasteiger partial charge in [0.25, 0.3) is 11.8 Å². The van der Waals surface area contributed by atoms with Gasteiger partial charge in [0.1, 0.15) is 17.5 Å². The maximum Gasteiger partial charge on any atom is 0.260 e. The van der Waals surface area contributed by atoms with Gasteiger partial charge in [-0.25, -0.2) is 0 Å². The Morgan fingerprint density at radius 3 is 2.43 bits per heavy atom. The first-order valence-electron chi connectivity index (χ1n) is 11.4. The van der Waals surface area contributed by atoms with Crippen LogP contribution in [0.25, 0.3) is 11.1 Å². The number of benzene rings is 3. The average Bonchev–Trinajstić information content (AvgIpc) is 3.01. The van der Waals surface area contributed by atoms with Crippen molar-refractivity contribution >= 4 is 23.4 Å². The number of piperazine rings is 1. The highest BCUT2D eigenvalue weighted by atomic mass is 16.5. The Hall–Kier alpha value is -4.33. The van der Waals surface area contributed by atoms with E-state index in [2.05, 4.69) is 5.32 Å². The lowest BCUT2D eigenvalue weighted by Crippen LogP contribution is -2.60. The maximum absolute atomic E-state index is 13.5. The lowest BCUT2D eigenvalue weighted by atomic mass is 10.0. The molecule has 2 heterocycles. The second-order valence-electron chi connectivity index (χ2n) is 8.43. The van der Waals surface area contributed by atoms with Crippen LogP contribution >= 0.6 is 0 Å². The van der Waals surface area contributed by atoms with E-state index in [9.17, 15) is 14.4 Å². The Bertz CT molecular complexity index is 1260. The first kappa shape index (κ1) is 22.5. The van der Waals surface area contributed by atoms with E-state index >= 15 is 0 Å². The number of hydrogen-bond donors (Lipinski definition) is 1. The summed E-state index contributed by atoms with van der Waals surface area (Å²) in [5.41, 5.74) is 2.69. The molecular weight excluding hydrogens is 446 g/mol. The van der Waals surface area contributed by atoms with Crippen molar-refractivity contribution in [3.63, 3.8) is 0 Å². The summed E-state index contributed by atoms with van der Waals surface area (Å²) in [6.45, 7) is 0.589. The molecule has 178 valence electrons. The fourth-order valence-corrected chi connectivity index (χ4v) is 4.39. The Morgan fingerprint density at radius 2 is 1.69 bits per heavy atom. The van der Waals surface area contributed by atoms with Crippen molar-refractivity contribution < 1.29 is 23.9 Å². The molecule has 2 aliphatic rings. The van der Waals surface area contributed by atoms with E-state index in [0.717, 1.165) is 16.9 Å². The minimum absolute atomic E-state index is 0.119. The van der Waals surface area contributed by atoms with Gasteiger partial charge < -0.3 is 24.6 Å². The van der Waals surface area contributed by atoms with Crippen LogP contribution in [0.3, 0.4) is 0 Å². The van der Waals surface area contributed by atoms with Crippen molar-refractivity contribution in [3.8, 4) is 22.6 Å².